The second-order valence-corrected chi connectivity index (χ2v) is 2.25. The molecular weight excluding hydrogens is 152 g/mol. The fourth-order valence-corrected chi connectivity index (χ4v) is 0.920. The molecule has 12 heavy (non-hydrogen) atoms. The first-order valence-electron chi connectivity index (χ1n) is 3.58. The van der Waals surface area contributed by atoms with Gasteiger partial charge in [-0.05, 0) is 6.07 Å². The van der Waals surface area contributed by atoms with Crippen LogP contribution in [-0.4, -0.2) is 18.4 Å². The smallest absolute Gasteiger partial charge is 0.141 e. The highest BCUT2D eigenvalue weighted by Crippen LogP contribution is 2.20. The van der Waals surface area contributed by atoms with Crippen molar-refractivity contribution in [2.45, 2.75) is 0 Å². The number of aliphatic imine (C=N–C) groups is 1. The third-order valence-corrected chi connectivity index (χ3v) is 1.56. The van der Waals surface area contributed by atoms with Gasteiger partial charge in [-0.15, -0.1) is 0 Å². The number of aromatic nitrogens is 1. The Morgan fingerprint density at radius 1 is 1.83 bits per heavy atom. The molecule has 0 unspecified atom stereocenters. The summed E-state index contributed by atoms with van der Waals surface area (Å²) in [6.45, 7) is 3.81. The summed E-state index contributed by atoms with van der Waals surface area (Å²) in [4.78, 5) is 6.88. The number of hydrogen-bond donors (Lipinski definition) is 3. The zero-order chi connectivity index (χ0) is 8.97. The lowest BCUT2D eigenvalue weighted by Crippen LogP contribution is -2.02. The third-order valence-electron chi connectivity index (χ3n) is 1.56. The summed E-state index contributed by atoms with van der Waals surface area (Å²) in [6.07, 6.45) is 3.04. The molecule has 4 heteroatoms. The van der Waals surface area contributed by atoms with Gasteiger partial charge in [-0.2, -0.15) is 0 Å². The standard InChI is InChI=1S/C8H12N4/c1-6(10-2)7-3-4-11-8(7)12-5-9/h3-5,10-11H,1H2,2H3,(H2,9,12). The number of aromatic amines is 1. The number of nitrogens with two attached hydrogens (primary N) is 1. The molecule has 0 amide bonds. The van der Waals surface area contributed by atoms with E-state index in [0.29, 0.717) is 0 Å². The van der Waals surface area contributed by atoms with Gasteiger partial charge in [0.15, 0.2) is 0 Å². The largest absolute Gasteiger partial charge is 0.390 e. The van der Waals surface area contributed by atoms with Gasteiger partial charge >= 0.3 is 0 Å². The van der Waals surface area contributed by atoms with Crippen molar-refractivity contribution in [2.24, 2.45) is 10.7 Å². The lowest BCUT2D eigenvalue weighted by atomic mass is 10.2. The molecule has 0 aliphatic heterocycles. The maximum absolute atomic E-state index is 5.17. The van der Waals surface area contributed by atoms with Gasteiger partial charge < -0.3 is 16.0 Å². The average Bonchev–Trinajstić information content (AvgIpc) is 2.52. The minimum Gasteiger partial charge on any atom is -0.390 e. The van der Waals surface area contributed by atoms with Gasteiger partial charge in [-0.1, -0.05) is 6.58 Å². The molecule has 0 fully saturated rings. The van der Waals surface area contributed by atoms with E-state index < -0.39 is 0 Å². The molecule has 4 N–H and O–H groups in total. The van der Waals surface area contributed by atoms with E-state index in [1.165, 1.54) is 6.34 Å². The number of H-pyrrole nitrogens is 1. The van der Waals surface area contributed by atoms with Crippen molar-refractivity contribution in [3.63, 3.8) is 0 Å². The molecule has 0 spiro atoms. The van der Waals surface area contributed by atoms with Crippen LogP contribution < -0.4 is 11.1 Å². The van der Waals surface area contributed by atoms with Crippen LogP contribution in [-0.2, 0) is 0 Å². The Bertz CT molecular complexity index is 298. The van der Waals surface area contributed by atoms with Crippen molar-refractivity contribution in [1.29, 1.82) is 0 Å². The van der Waals surface area contributed by atoms with E-state index in [0.717, 1.165) is 17.1 Å². The summed E-state index contributed by atoms with van der Waals surface area (Å²) in [5.41, 5.74) is 6.91. The summed E-state index contributed by atoms with van der Waals surface area (Å²) in [6, 6.07) is 1.89. The van der Waals surface area contributed by atoms with Crippen LogP contribution in [0.2, 0.25) is 0 Å². The molecule has 0 saturated carbocycles. The molecule has 0 atom stereocenters. The van der Waals surface area contributed by atoms with E-state index in [9.17, 15) is 0 Å². The van der Waals surface area contributed by atoms with Gasteiger partial charge in [-0.3, -0.25) is 0 Å². The van der Waals surface area contributed by atoms with E-state index in [1.807, 2.05) is 13.1 Å². The Morgan fingerprint density at radius 3 is 3.17 bits per heavy atom. The van der Waals surface area contributed by atoms with Crippen LogP contribution in [0.5, 0.6) is 0 Å². The van der Waals surface area contributed by atoms with Crippen molar-refractivity contribution in [2.75, 3.05) is 7.05 Å². The van der Waals surface area contributed by atoms with Crippen molar-refractivity contribution >= 4 is 17.9 Å². The fourth-order valence-electron chi connectivity index (χ4n) is 0.920. The second kappa shape index (κ2) is 3.61. The molecule has 0 bridgehead atoms. The number of nitrogens with one attached hydrogen (secondary N) is 2. The Morgan fingerprint density at radius 2 is 2.58 bits per heavy atom. The highest BCUT2D eigenvalue weighted by atomic mass is 14.9. The SMILES string of the molecule is C=C(NC)c1cc[nH]c1N=CN. The fraction of sp³-hybridized carbons (Fsp3) is 0.125. The van der Waals surface area contributed by atoms with Crippen molar-refractivity contribution in [3.8, 4) is 0 Å². The zero-order valence-corrected chi connectivity index (χ0v) is 6.96. The average molecular weight is 164 g/mol. The summed E-state index contributed by atoms with van der Waals surface area (Å²) in [7, 11) is 1.81. The van der Waals surface area contributed by atoms with Crippen LogP contribution in [0.1, 0.15) is 5.56 Å². The van der Waals surface area contributed by atoms with Gasteiger partial charge in [0.1, 0.15) is 5.82 Å². The molecule has 0 aliphatic rings. The quantitative estimate of drug-likeness (QED) is 0.457. The predicted octanol–water partition coefficient (Wildman–Crippen LogP) is 0.823. The summed E-state index contributed by atoms with van der Waals surface area (Å²) in [5.74, 6) is 0.719. The van der Waals surface area contributed by atoms with Gasteiger partial charge in [-0.25, -0.2) is 4.99 Å². The minimum absolute atomic E-state index is 0.719. The maximum Gasteiger partial charge on any atom is 0.141 e. The van der Waals surface area contributed by atoms with Crippen LogP contribution in [0, 0.1) is 0 Å². The van der Waals surface area contributed by atoms with E-state index in [2.05, 4.69) is 21.9 Å². The first-order valence-corrected chi connectivity index (χ1v) is 3.58. The molecular formula is C8H12N4. The first kappa shape index (κ1) is 8.39. The van der Waals surface area contributed by atoms with Gasteiger partial charge in [0.2, 0.25) is 0 Å². The normalized spacial score (nSPS) is 10.4. The van der Waals surface area contributed by atoms with Crippen molar-refractivity contribution < 1.29 is 0 Å². The van der Waals surface area contributed by atoms with Crippen LogP contribution in [0.15, 0.2) is 23.8 Å². The van der Waals surface area contributed by atoms with Crippen LogP contribution in [0.4, 0.5) is 5.82 Å². The van der Waals surface area contributed by atoms with Gasteiger partial charge in [0.25, 0.3) is 0 Å². The summed E-state index contributed by atoms with van der Waals surface area (Å²) in [5, 5.41) is 2.94. The zero-order valence-electron chi connectivity index (χ0n) is 6.96. The van der Waals surface area contributed by atoms with Gasteiger partial charge in [0.05, 0.1) is 6.34 Å². The van der Waals surface area contributed by atoms with Gasteiger partial charge in [0, 0.05) is 24.5 Å². The molecule has 0 saturated heterocycles. The van der Waals surface area contributed by atoms with Crippen molar-refractivity contribution in [3.05, 3.63) is 24.4 Å². The number of nitrogens with zero attached hydrogens (tertiary/aromatic N) is 1. The molecule has 1 rings (SSSR count). The van der Waals surface area contributed by atoms with Crippen LogP contribution in [0.25, 0.3) is 5.70 Å². The topological polar surface area (TPSA) is 66.2 Å². The van der Waals surface area contributed by atoms with Crippen LogP contribution >= 0.6 is 0 Å². The molecule has 0 aliphatic carbocycles. The highest BCUT2D eigenvalue weighted by Gasteiger charge is 2.03. The highest BCUT2D eigenvalue weighted by molar-refractivity contribution is 5.72. The Kier molecular flexibility index (Phi) is 2.53. The lowest BCUT2D eigenvalue weighted by Gasteiger charge is -2.01. The van der Waals surface area contributed by atoms with E-state index in [4.69, 9.17) is 5.73 Å². The molecule has 4 nitrogen and oxygen atoms in total. The number of hydrogen-bond acceptors (Lipinski definition) is 2. The maximum atomic E-state index is 5.17. The Balaban J connectivity index is 2.98. The van der Waals surface area contributed by atoms with E-state index >= 15 is 0 Å². The van der Waals surface area contributed by atoms with Crippen LogP contribution in [0.3, 0.4) is 0 Å². The Hall–Kier alpha value is -1.71. The summed E-state index contributed by atoms with van der Waals surface area (Å²) < 4.78 is 0. The lowest BCUT2D eigenvalue weighted by molar-refractivity contribution is 1.13. The molecule has 1 aromatic heterocycles. The molecule has 1 aromatic rings. The minimum atomic E-state index is 0.719. The summed E-state index contributed by atoms with van der Waals surface area (Å²) >= 11 is 0. The third kappa shape index (κ3) is 1.47. The Labute approximate surface area is 71.2 Å². The molecule has 64 valence electrons. The van der Waals surface area contributed by atoms with E-state index in [-0.39, 0.29) is 0 Å². The van der Waals surface area contributed by atoms with E-state index in [1.54, 1.807) is 6.20 Å². The number of rotatable bonds is 3. The first-order chi connectivity index (χ1) is 5.79. The van der Waals surface area contributed by atoms with Crippen molar-refractivity contribution in [1.82, 2.24) is 10.3 Å². The monoisotopic (exact) mass is 164 g/mol. The molecule has 0 aromatic carbocycles. The second-order valence-electron chi connectivity index (χ2n) is 2.25. The molecule has 1 heterocycles. The molecule has 0 radical (unpaired) electrons. The predicted molar refractivity (Wildman–Crippen MR) is 51.2 cm³/mol.